The Morgan fingerprint density at radius 1 is 1.00 bits per heavy atom. The van der Waals surface area contributed by atoms with E-state index < -0.39 is 17.7 Å². The van der Waals surface area contributed by atoms with Gasteiger partial charge in [-0.05, 0) is 24.1 Å². The van der Waals surface area contributed by atoms with E-state index in [0.29, 0.717) is 5.56 Å². The fraction of sp³-hybridized carbons (Fsp3) is 0.125. The Bertz CT molecular complexity index is 1070. The molecule has 0 aliphatic carbocycles. The van der Waals surface area contributed by atoms with Crippen LogP contribution in [0.2, 0.25) is 0 Å². The first-order chi connectivity index (χ1) is 14.1. The number of aryl methyl sites for hydroxylation is 1. The lowest BCUT2D eigenvalue weighted by Crippen LogP contribution is -2.29. The van der Waals surface area contributed by atoms with Gasteiger partial charge in [-0.25, -0.2) is 0 Å². The molecule has 3 aromatic rings. The van der Waals surface area contributed by atoms with Crippen molar-refractivity contribution in [3.8, 4) is 0 Å². The van der Waals surface area contributed by atoms with Crippen LogP contribution in [0.15, 0.2) is 84.7 Å². The van der Waals surface area contributed by atoms with E-state index in [1.807, 2.05) is 43.3 Å². The molecule has 0 spiro atoms. The number of nitrogens with zero attached hydrogens (tertiary/aromatic N) is 2. The summed E-state index contributed by atoms with van der Waals surface area (Å²) in [6.45, 7) is 2.20. The van der Waals surface area contributed by atoms with Gasteiger partial charge >= 0.3 is 0 Å². The summed E-state index contributed by atoms with van der Waals surface area (Å²) in [6, 6.07) is 19.4. The fourth-order valence-electron chi connectivity index (χ4n) is 3.58. The van der Waals surface area contributed by atoms with Crippen molar-refractivity contribution in [1.29, 1.82) is 0 Å². The number of benzene rings is 2. The van der Waals surface area contributed by atoms with Gasteiger partial charge in [0.05, 0.1) is 11.6 Å². The van der Waals surface area contributed by atoms with Crippen molar-refractivity contribution >= 4 is 17.4 Å². The fourth-order valence-corrected chi connectivity index (χ4v) is 3.58. The average Bonchev–Trinajstić information content (AvgIpc) is 3.00. The van der Waals surface area contributed by atoms with Crippen molar-refractivity contribution in [2.75, 3.05) is 0 Å². The maximum atomic E-state index is 12.9. The highest BCUT2D eigenvalue weighted by Crippen LogP contribution is 2.40. The molecule has 144 valence electrons. The third-order valence-corrected chi connectivity index (χ3v) is 5.06. The molecule has 1 fully saturated rings. The normalized spacial score (nSPS) is 18.2. The molecule has 0 unspecified atom stereocenters. The second-order valence-corrected chi connectivity index (χ2v) is 7.06. The maximum Gasteiger partial charge on any atom is 0.295 e. The Balaban J connectivity index is 1.86. The quantitative estimate of drug-likeness (QED) is 0.419. The number of Topliss-reactive ketones (excluding diaryl/α,β-unsaturated/α-hetero) is 1. The molecule has 1 amide bonds. The summed E-state index contributed by atoms with van der Waals surface area (Å²) in [7, 11) is 0. The van der Waals surface area contributed by atoms with Crippen LogP contribution in [0.3, 0.4) is 0 Å². The molecule has 2 heterocycles. The van der Waals surface area contributed by atoms with Gasteiger partial charge in [-0.2, -0.15) is 0 Å². The van der Waals surface area contributed by atoms with Crippen LogP contribution in [0.1, 0.15) is 28.3 Å². The number of aromatic nitrogens is 1. The molecule has 1 aliphatic heterocycles. The van der Waals surface area contributed by atoms with E-state index >= 15 is 0 Å². The molecule has 1 saturated heterocycles. The maximum absolute atomic E-state index is 12.9. The third kappa shape index (κ3) is 3.55. The number of likely N-dealkylation sites (tertiary alicyclic amines) is 1. The van der Waals surface area contributed by atoms with E-state index in [9.17, 15) is 14.7 Å². The average molecular weight is 384 g/mol. The number of hydrogen-bond donors (Lipinski definition) is 1. The Morgan fingerprint density at radius 2 is 1.72 bits per heavy atom. The van der Waals surface area contributed by atoms with Crippen LogP contribution in [0, 0.1) is 6.92 Å². The van der Waals surface area contributed by atoms with Gasteiger partial charge in [-0.3, -0.25) is 14.6 Å². The first-order valence-electron chi connectivity index (χ1n) is 9.35. The van der Waals surface area contributed by atoms with Gasteiger partial charge < -0.3 is 10.0 Å². The van der Waals surface area contributed by atoms with Crippen LogP contribution in [0.4, 0.5) is 0 Å². The summed E-state index contributed by atoms with van der Waals surface area (Å²) in [4.78, 5) is 31.5. The molecule has 4 rings (SSSR count). The number of aliphatic hydroxyl groups excluding tert-OH is 1. The number of carbonyl (C=O) groups excluding carboxylic acids is 2. The first kappa shape index (κ1) is 18.6. The highest BCUT2D eigenvalue weighted by Gasteiger charge is 2.46. The number of amides is 1. The van der Waals surface area contributed by atoms with Crippen LogP contribution < -0.4 is 0 Å². The van der Waals surface area contributed by atoms with E-state index in [1.165, 1.54) is 4.90 Å². The molecule has 1 atom stereocenters. The van der Waals surface area contributed by atoms with Crippen LogP contribution >= 0.6 is 0 Å². The summed E-state index contributed by atoms with van der Waals surface area (Å²) in [5.74, 6) is -1.47. The molecule has 1 N–H and O–H groups in total. The van der Waals surface area contributed by atoms with Gasteiger partial charge in [0.15, 0.2) is 0 Å². The van der Waals surface area contributed by atoms with Crippen LogP contribution in [-0.2, 0) is 16.1 Å². The Kier molecular flexibility index (Phi) is 4.96. The van der Waals surface area contributed by atoms with Crippen LogP contribution in [0.25, 0.3) is 5.76 Å². The van der Waals surface area contributed by atoms with E-state index in [0.717, 1.165) is 16.7 Å². The Hall–Kier alpha value is -3.73. The van der Waals surface area contributed by atoms with E-state index in [-0.39, 0.29) is 17.9 Å². The largest absolute Gasteiger partial charge is 0.507 e. The molecule has 0 radical (unpaired) electrons. The zero-order valence-electron chi connectivity index (χ0n) is 15.9. The summed E-state index contributed by atoms with van der Waals surface area (Å²) in [6.07, 6.45) is 3.33. The third-order valence-electron chi connectivity index (χ3n) is 5.06. The van der Waals surface area contributed by atoms with Crippen molar-refractivity contribution in [2.45, 2.75) is 19.5 Å². The molecule has 2 aromatic carbocycles. The van der Waals surface area contributed by atoms with Gasteiger partial charge in [0.2, 0.25) is 0 Å². The van der Waals surface area contributed by atoms with Crippen molar-refractivity contribution in [1.82, 2.24) is 9.88 Å². The van der Waals surface area contributed by atoms with E-state index in [4.69, 9.17) is 0 Å². The summed E-state index contributed by atoms with van der Waals surface area (Å²) in [5, 5.41) is 10.9. The molecule has 1 aromatic heterocycles. The predicted octanol–water partition coefficient (Wildman–Crippen LogP) is 4.01. The zero-order chi connectivity index (χ0) is 20.4. The molecule has 5 nitrogen and oxygen atoms in total. The standard InChI is InChI=1S/C24H20N2O3/c1-16-9-11-18(12-10-16)21-20(22(27)19-7-3-2-4-8-19)23(28)24(29)26(21)15-17-6-5-13-25-14-17/h2-14,21,27H,15H2,1H3/t21-/m1/s1. The number of ketones is 1. The molecular weight excluding hydrogens is 364 g/mol. The van der Waals surface area contributed by atoms with Crippen molar-refractivity contribution in [3.63, 3.8) is 0 Å². The van der Waals surface area contributed by atoms with Crippen molar-refractivity contribution in [2.24, 2.45) is 0 Å². The van der Waals surface area contributed by atoms with Gasteiger partial charge in [0, 0.05) is 24.5 Å². The van der Waals surface area contributed by atoms with E-state index in [1.54, 1.807) is 42.7 Å². The monoisotopic (exact) mass is 384 g/mol. The second kappa shape index (κ2) is 7.72. The molecule has 29 heavy (non-hydrogen) atoms. The number of rotatable bonds is 4. The minimum atomic E-state index is -0.680. The molecule has 0 bridgehead atoms. The summed E-state index contributed by atoms with van der Waals surface area (Å²) in [5.41, 5.74) is 3.27. The molecule has 1 aliphatic rings. The van der Waals surface area contributed by atoms with Crippen LogP contribution in [0.5, 0.6) is 0 Å². The highest BCUT2D eigenvalue weighted by molar-refractivity contribution is 6.46. The Morgan fingerprint density at radius 3 is 2.38 bits per heavy atom. The van der Waals surface area contributed by atoms with Gasteiger partial charge in [0.1, 0.15) is 5.76 Å². The highest BCUT2D eigenvalue weighted by atomic mass is 16.3. The minimum Gasteiger partial charge on any atom is -0.507 e. The van der Waals surface area contributed by atoms with Crippen LogP contribution in [-0.4, -0.2) is 26.7 Å². The van der Waals surface area contributed by atoms with E-state index in [2.05, 4.69) is 4.98 Å². The topological polar surface area (TPSA) is 70.5 Å². The van der Waals surface area contributed by atoms with Crippen molar-refractivity contribution < 1.29 is 14.7 Å². The summed E-state index contributed by atoms with van der Waals surface area (Å²) < 4.78 is 0. The SMILES string of the molecule is Cc1ccc([C@@H]2C(=C(O)c3ccccc3)C(=O)C(=O)N2Cc2cccnc2)cc1. The van der Waals surface area contributed by atoms with Gasteiger partial charge in [-0.15, -0.1) is 0 Å². The smallest absolute Gasteiger partial charge is 0.295 e. The number of pyridine rings is 1. The lowest BCUT2D eigenvalue weighted by Gasteiger charge is -2.25. The summed E-state index contributed by atoms with van der Waals surface area (Å²) >= 11 is 0. The number of hydrogen-bond acceptors (Lipinski definition) is 4. The molecular formula is C24H20N2O3. The molecule has 5 heteroatoms. The van der Waals surface area contributed by atoms with Gasteiger partial charge in [0.25, 0.3) is 11.7 Å². The molecule has 0 saturated carbocycles. The zero-order valence-corrected chi connectivity index (χ0v) is 15.9. The lowest BCUT2D eigenvalue weighted by atomic mass is 9.94. The van der Waals surface area contributed by atoms with Crippen molar-refractivity contribution in [3.05, 3.63) is 107 Å². The predicted molar refractivity (Wildman–Crippen MR) is 110 cm³/mol. The minimum absolute atomic E-state index is 0.106. The second-order valence-electron chi connectivity index (χ2n) is 7.06. The first-order valence-corrected chi connectivity index (χ1v) is 9.35. The Labute approximate surface area is 169 Å². The lowest BCUT2D eigenvalue weighted by molar-refractivity contribution is -0.140. The number of carbonyl (C=O) groups is 2. The van der Waals surface area contributed by atoms with Gasteiger partial charge in [-0.1, -0.05) is 66.2 Å². The number of aliphatic hydroxyl groups is 1.